The van der Waals surface area contributed by atoms with Gasteiger partial charge in [-0.1, -0.05) is 0 Å². The topological polar surface area (TPSA) is 140 Å². The zero-order valence-corrected chi connectivity index (χ0v) is 19.3. The fourth-order valence-corrected chi connectivity index (χ4v) is 4.25. The molecule has 1 aliphatic heterocycles. The van der Waals surface area contributed by atoms with Crippen LogP contribution in [0.4, 0.5) is 20.8 Å². The van der Waals surface area contributed by atoms with E-state index in [4.69, 9.17) is 19.4 Å². The summed E-state index contributed by atoms with van der Waals surface area (Å²) in [7, 11) is 0. The third-order valence-electron chi connectivity index (χ3n) is 6.07. The Morgan fingerprint density at radius 3 is 2.53 bits per heavy atom. The molecule has 0 unspecified atom stereocenters. The van der Waals surface area contributed by atoms with Crippen molar-refractivity contribution in [3.8, 4) is 11.6 Å². The van der Waals surface area contributed by atoms with Gasteiger partial charge in [-0.3, -0.25) is 9.69 Å². The molecule has 2 aromatic heterocycles. The number of carboxylic acid groups (broad SMARTS) is 1. The van der Waals surface area contributed by atoms with Crippen LogP contribution >= 0.6 is 0 Å². The highest BCUT2D eigenvalue weighted by molar-refractivity contribution is 5.89. The molecule has 2 aliphatic rings. The summed E-state index contributed by atoms with van der Waals surface area (Å²) < 4.78 is 24.3. The lowest BCUT2D eigenvalue weighted by atomic mass is 9.78. The van der Waals surface area contributed by atoms with Crippen LogP contribution in [-0.4, -0.2) is 56.8 Å². The molecule has 36 heavy (non-hydrogen) atoms. The van der Waals surface area contributed by atoms with Crippen molar-refractivity contribution in [1.82, 2.24) is 20.4 Å². The van der Waals surface area contributed by atoms with Gasteiger partial charge in [0.2, 0.25) is 5.88 Å². The summed E-state index contributed by atoms with van der Waals surface area (Å²) in [5.74, 6) is 2.12. The average molecular weight is 496 g/mol. The van der Waals surface area contributed by atoms with E-state index in [-0.39, 0.29) is 18.4 Å². The number of carbonyl (C=O) groups excluding carboxylic acids is 1. The van der Waals surface area contributed by atoms with E-state index in [0.717, 1.165) is 32.2 Å². The average Bonchev–Trinajstić information content (AvgIpc) is 3.22. The molecule has 188 valence electrons. The number of carbonyl (C=O) groups is 2. The summed E-state index contributed by atoms with van der Waals surface area (Å²) in [6.45, 7) is 1.01. The molecule has 0 bridgehead atoms. The van der Waals surface area contributed by atoms with Crippen LogP contribution in [0.5, 0.6) is 11.6 Å². The van der Waals surface area contributed by atoms with Crippen LogP contribution in [0.15, 0.2) is 54.7 Å². The molecule has 0 atom stereocenters. The summed E-state index contributed by atoms with van der Waals surface area (Å²) in [5.41, 5.74) is -0.454. The van der Waals surface area contributed by atoms with Crippen molar-refractivity contribution in [2.24, 2.45) is 5.92 Å². The molecule has 1 aliphatic carbocycles. The Hall–Kier alpha value is -4.35. The number of hydrogen-bond acceptors (Lipinski definition) is 9. The van der Waals surface area contributed by atoms with Crippen LogP contribution in [0.25, 0.3) is 0 Å². The second-order valence-corrected chi connectivity index (χ2v) is 8.46. The summed E-state index contributed by atoms with van der Waals surface area (Å²) in [6.07, 6.45) is 4.71. The number of hydrogen-bond donors (Lipinski definition) is 2. The maximum Gasteiger partial charge on any atom is 0.416 e. The SMILES string of the molecule is O=C1OC2(CCC(CNc3ccc(Oc4ccc(F)cc4)nn3)CC2)CN1c1cccnn1.O=CO. The van der Waals surface area contributed by atoms with Crippen LogP contribution in [-0.2, 0) is 9.53 Å². The summed E-state index contributed by atoms with van der Waals surface area (Å²) >= 11 is 0. The lowest BCUT2D eigenvalue weighted by Crippen LogP contribution is -2.39. The zero-order chi connectivity index (χ0) is 25.4. The van der Waals surface area contributed by atoms with Gasteiger partial charge in [0, 0.05) is 18.8 Å². The van der Waals surface area contributed by atoms with Gasteiger partial charge in [-0.15, -0.1) is 15.3 Å². The van der Waals surface area contributed by atoms with Crippen molar-refractivity contribution in [3.63, 3.8) is 0 Å². The maximum absolute atomic E-state index is 13.0. The number of amides is 1. The molecule has 2 N–H and O–H groups in total. The molecule has 1 saturated heterocycles. The summed E-state index contributed by atoms with van der Waals surface area (Å²) in [6, 6.07) is 12.8. The molecule has 3 heterocycles. The van der Waals surface area contributed by atoms with E-state index in [1.807, 2.05) is 0 Å². The molecule has 1 spiro atoms. The van der Waals surface area contributed by atoms with Crippen molar-refractivity contribution in [2.45, 2.75) is 31.3 Å². The van der Waals surface area contributed by atoms with Gasteiger partial charge in [0.1, 0.15) is 23.0 Å². The van der Waals surface area contributed by atoms with Crippen molar-refractivity contribution in [2.75, 3.05) is 23.3 Å². The molecule has 11 nitrogen and oxygen atoms in total. The third-order valence-corrected chi connectivity index (χ3v) is 6.07. The predicted molar refractivity (Wildman–Crippen MR) is 126 cm³/mol. The van der Waals surface area contributed by atoms with Gasteiger partial charge in [0.05, 0.1) is 6.54 Å². The molecule has 0 radical (unpaired) electrons. The van der Waals surface area contributed by atoms with Crippen molar-refractivity contribution in [1.29, 1.82) is 0 Å². The fourth-order valence-electron chi connectivity index (χ4n) is 4.25. The van der Waals surface area contributed by atoms with E-state index < -0.39 is 5.60 Å². The van der Waals surface area contributed by atoms with Gasteiger partial charge in [-0.2, -0.15) is 5.10 Å². The first-order valence-electron chi connectivity index (χ1n) is 11.4. The molecular weight excluding hydrogens is 471 g/mol. The minimum absolute atomic E-state index is 0.250. The Bertz CT molecular complexity index is 1140. The normalized spacial score (nSPS) is 20.8. The number of aromatic nitrogens is 4. The molecule has 12 heteroatoms. The maximum atomic E-state index is 13.0. The molecule has 1 aromatic carbocycles. The quantitative estimate of drug-likeness (QED) is 0.483. The largest absolute Gasteiger partial charge is 0.483 e. The van der Waals surface area contributed by atoms with Gasteiger partial charge in [0.15, 0.2) is 5.82 Å². The standard InChI is InChI=1S/C23H23FN6O3.CH2O2/c24-17-3-5-18(6-4-17)32-21-8-7-19(27-29-21)25-14-16-9-11-23(12-10-16)15-30(22(31)33-23)20-2-1-13-26-28-20;2-1-3/h1-8,13,16H,9-12,14-15H2,(H,25,27);1H,(H,2,3). The number of benzene rings is 1. The number of nitrogens with one attached hydrogen (secondary N) is 1. The minimum atomic E-state index is -0.454. The highest BCUT2D eigenvalue weighted by atomic mass is 19.1. The van der Waals surface area contributed by atoms with E-state index in [0.29, 0.717) is 35.7 Å². The third kappa shape index (κ3) is 6.20. The van der Waals surface area contributed by atoms with Crippen molar-refractivity contribution < 1.29 is 28.6 Å². The monoisotopic (exact) mass is 496 g/mol. The zero-order valence-electron chi connectivity index (χ0n) is 19.3. The van der Waals surface area contributed by atoms with E-state index >= 15 is 0 Å². The minimum Gasteiger partial charge on any atom is -0.483 e. The lowest BCUT2D eigenvalue weighted by molar-refractivity contribution is -0.122. The number of ether oxygens (including phenoxy) is 2. The Morgan fingerprint density at radius 1 is 1.14 bits per heavy atom. The van der Waals surface area contributed by atoms with Crippen LogP contribution in [0, 0.1) is 11.7 Å². The lowest BCUT2D eigenvalue weighted by Gasteiger charge is -2.35. The van der Waals surface area contributed by atoms with Crippen LogP contribution in [0.1, 0.15) is 25.7 Å². The van der Waals surface area contributed by atoms with Gasteiger partial charge < -0.3 is 19.9 Å². The first kappa shape index (κ1) is 24.8. The predicted octanol–water partition coefficient (Wildman–Crippen LogP) is 3.90. The van der Waals surface area contributed by atoms with Crippen LogP contribution in [0.3, 0.4) is 0 Å². The van der Waals surface area contributed by atoms with Crippen LogP contribution < -0.4 is 15.0 Å². The van der Waals surface area contributed by atoms with Gasteiger partial charge >= 0.3 is 6.09 Å². The first-order chi connectivity index (χ1) is 17.5. The highest BCUT2D eigenvalue weighted by Crippen LogP contribution is 2.40. The fraction of sp³-hybridized carbons (Fsp3) is 0.333. The smallest absolute Gasteiger partial charge is 0.416 e. The highest BCUT2D eigenvalue weighted by Gasteiger charge is 2.48. The van der Waals surface area contributed by atoms with E-state index in [2.05, 4.69) is 25.7 Å². The summed E-state index contributed by atoms with van der Waals surface area (Å²) in [5, 5.41) is 26.3. The molecular formula is C24H25FN6O5. The summed E-state index contributed by atoms with van der Waals surface area (Å²) in [4.78, 5) is 22.3. The Kier molecular flexibility index (Phi) is 7.83. The van der Waals surface area contributed by atoms with E-state index in [9.17, 15) is 9.18 Å². The van der Waals surface area contributed by atoms with E-state index in [1.165, 1.54) is 24.3 Å². The molecule has 1 amide bonds. The molecule has 2 fully saturated rings. The van der Waals surface area contributed by atoms with Gasteiger partial charge in [-0.05, 0) is 74.1 Å². The number of halogens is 1. The van der Waals surface area contributed by atoms with E-state index in [1.54, 1.807) is 35.4 Å². The molecule has 5 rings (SSSR count). The number of rotatable bonds is 6. The Morgan fingerprint density at radius 2 is 1.89 bits per heavy atom. The Balaban J connectivity index is 0.000000967. The first-order valence-corrected chi connectivity index (χ1v) is 11.4. The number of anilines is 2. The number of nitrogens with zero attached hydrogens (tertiary/aromatic N) is 5. The van der Waals surface area contributed by atoms with Crippen LogP contribution in [0.2, 0.25) is 0 Å². The van der Waals surface area contributed by atoms with Gasteiger partial charge in [-0.25, -0.2) is 9.18 Å². The van der Waals surface area contributed by atoms with Crippen molar-refractivity contribution in [3.05, 3.63) is 60.5 Å². The van der Waals surface area contributed by atoms with Gasteiger partial charge in [0.25, 0.3) is 6.47 Å². The molecule has 1 saturated carbocycles. The second-order valence-electron chi connectivity index (χ2n) is 8.46. The molecule has 3 aromatic rings. The van der Waals surface area contributed by atoms with Crippen molar-refractivity contribution >= 4 is 24.2 Å². The Labute approximate surface area is 206 Å². The second kappa shape index (κ2) is 11.4.